The smallest absolute Gasteiger partial charge is 0.121 e. The second kappa shape index (κ2) is 6.44. The average Bonchev–Trinajstić information content (AvgIpc) is 2.20. The van der Waals surface area contributed by atoms with Gasteiger partial charge < -0.3 is 9.84 Å². The summed E-state index contributed by atoms with van der Waals surface area (Å²) in [5, 5.41) is 10.3. The Balaban J connectivity index is 2.47. The minimum Gasteiger partial charge on any atom is -0.491 e. The van der Waals surface area contributed by atoms with Gasteiger partial charge in [0.1, 0.15) is 12.4 Å². The van der Waals surface area contributed by atoms with Gasteiger partial charge in [0.2, 0.25) is 0 Å². The Kier molecular flexibility index (Phi) is 5.54. The maximum atomic E-state index is 9.37. The van der Waals surface area contributed by atoms with Gasteiger partial charge in [-0.05, 0) is 18.6 Å². The van der Waals surface area contributed by atoms with E-state index >= 15 is 0 Å². The van der Waals surface area contributed by atoms with Gasteiger partial charge >= 0.3 is 0 Å². The molecule has 0 radical (unpaired) electrons. The van der Waals surface area contributed by atoms with E-state index in [1.54, 1.807) is 18.2 Å². The van der Waals surface area contributed by atoms with E-state index in [1.807, 2.05) is 0 Å². The van der Waals surface area contributed by atoms with Crippen LogP contribution in [-0.2, 0) is 0 Å². The van der Waals surface area contributed by atoms with Crippen molar-refractivity contribution in [1.29, 1.82) is 0 Å². The van der Waals surface area contributed by atoms with Crippen molar-refractivity contribution in [2.24, 2.45) is 0 Å². The van der Waals surface area contributed by atoms with Crippen LogP contribution in [0.4, 0.5) is 0 Å². The second-order valence-electron chi connectivity index (χ2n) is 3.02. The first-order valence-electron chi connectivity index (χ1n) is 4.45. The molecular weight excluding hydrogens is 258 g/mol. The average molecular weight is 270 g/mol. The Hall–Kier alpha value is -0.150. The fourth-order valence-electron chi connectivity index (χ4n) is 0.968. The molecule has 0 amide bonds. The predicted octanol–water partition coefficient (Wildman–Crippen LogP) is 3.36. The lowest BCUT2D eigenvalue weighted by Gasteiger charge is -2.11. The van der Waals surface area contributed by atoms with Gasteiger partial charge in [-0.1, -0.05) is 23.2 Å². The summed E-state index contributed by atoms with van der Waals surface area (Å²) in [6.07, 6.45) is -0.0555. The summed E-state index contributed by atoms with van der Waals surface area (Å²) in [7, 11) is 0. The summed E-state index contributed by atoms with van der Waals surface area (Å²) >= 11 is 17.0. The van der Waals surface area contributed by atoms with Gasteiger partial charge in [0.05, 0.1) is 16.1 Å². The first-order valence-corrected chi connectivity index (χ1v) is 5.74. The highest BCUT2D eigenvalue weighted by molar-refractivity contribution is 6.42. The maximum absolute atomic E-state index is 9.37. The van der Waals surface area contributed by atoms with E-state index in [4.69, 9.17) is 39.5 Å². The molecule has 1 rings (SSSR count). The highest BCUT2D eigenvalue weighted by Gasteiger charge is 2.05. The van der Waals surface area contributed by atoms with E-state index < -0.39 is 6.10 Å². The molecule has 15 heavy (non-hydrogen) atoms. The van der Waals surface area contributed by atoms with Crippen molar-refractivity contribution in [1.82, 2.24) is 0 Å². The predicted molar refractivity (Wildman–Crippen MR) is 63.3 cm³/mol. The molecule has 0 bridgehead atoms. The normalized spacial score (nSPS) is 12.5. The number of rotatable bonds is 5. The summed E-state index contributed by atoms with van der Waals surface area (Å²) in [4.78, 5) is 0. The molecule has 0 spiro atoms. The second-order valence-corrected chi connectivity index (χ2v) is 4.21. The van der Waals surface area contributed by atoms with Gasteiger partial charge in [-0.25, -0.2) is 0 Å². The van der Waals surface area contributed by atoms with Crippen molar-refractivity contribution in [2.45, 2.75) is 12.5 Å². The highest BCUT2D eigenvalue weighted by atomic mass is 35.5. The van der Waals surface area contributed by atoms with Crippen LogP contribution >= 0.6 is 34.8 Å². The van der Waals surface area contributed by atoms with Crippen molar-refractivity contribution < 1.29 is 9.84 Å². The van der Waals surface area contributed by atoms with Crippen LogP contribution in [0.2, 0.25) is 10.0 Å². The zero-order valence-electron chi connectivity index (χ0n) is 7.92. The lowest BCUT2D eigenvalue weighted by Crippen LogP contribution is -2.17. The molecule has 1 unspecified atom stereocenters. The van der Waals surface area contributed by atoms with Crippen molar-refractivity contribution in [3.63, 3.8) is 0 Å². The zero-order chi connectivity index (χ0) is 11.3. The molecule has 0 heterocycles. The Morgan fingerprint density at radius 2 is 2.00 bits per heavy atom. The van der Waals surface area contributed by atoms with Gasteiger partial charge in [-0.2, -0.15) is 0 Å². The molecule has 1 atom stereocenters. The number of hydrogen-bond acceptors (Lipinski definition) is 2. The molecule has 84 valence electrons. The molecule has 5 heteroatoms. The Morgan fingerprint density at radius 3 is 2.60 bits per heavy atom. The van der Waals surface area contributed by atoms with E-state index in [-0.39, 0.29) is 6.61 Å². The molecule has 2 nitrogen and oxygen atoms in total. The molecule has 0 aliphatic carbocycles. The first kappa shape index (κ1) is 12.9. The first-order chi connectivity index (χ1) is 7.13. The summed E-state index contributed by atoms with van der Waals surface area (Å²) < 4.78 is 5.30. The van der Waals surface area contributed by atoms with Crippen LogP contribution < -0.4 is 4.74 Å². The number of halogens is 3. The van der Waals surface area contributed by atoms with E-state index in [9.17, 15) is 5.11 Å². The van der Waals surface area contributed by atoms with Crippen molar-refractivity contribution in [3.8, 4) is 5.75 Å². The third-order valence-corrected chi connectivity index (χ3v) is 2.73. The van der Waals surface area contributed by atoms with Crippen LogP contribution in [0, 0.1) is 0 Å². The van der Waals surface area contributed by atoms with Gasteiger partial charge in [-0.15, -0.1) is 11.6 Å². The van der Waals surface area contributed by atoms with Gasteiger partial charge in [-0.3, -0.25) is 0 Å². The number of aliphatic hydroxyl groups excluding tert-OH is 1. The Bertz CT molecular complexity index is 318. The largest absolute Gasteiger partial charge is 0.491 e. The van der Waals surface area contributed by atoms with Gasteiger partial charge in [0, 0.05) is 11.9 Å². The molecule has 0 aliphatic rings. The van der Waals surface area contributed by atoms with Crippen LogP contribution in [0.1, 0.15) is 6.42 Å². The minimum absolute atomic E-state index is 0.199. The number of hydrogen-bond donors (Lipinski definition) is 1. The topological polar surface area (TPSA) is 29.5 Å². The SMILES string of the molecule is OC(CCCl)COc1ccc(Cl)c(Cl)c1. The number of alkyl halides is 1. The summed E-state index contributed by atoms with van der Waals surface area (Å²) in [5.74, 6) is 0.990. The number of benzene rings is 1. The third-order valence-electron chi connectivity index (χ3n) is 1.78. The lowest BCUT2D eigenvalue weighted by atomic mass is 10.3. The fraction of sp³-hybridized carbons (Fsp3) is 0.400. The number of ether oxygens (including phenoxy) is 1. The van der Waals surface area contributed by atoms with Crippen LogP contribution in [0.5, 0.6) is 5.75 Å². The van der Waals surface area contributed by atoms with Crippen molar-refractivity contribution in [3.05, 3.63) is 28.2 Å². The van der Waals surface area contributed by atoms with E-state index in [0.29, 0.717) is 28.1 Å². The monoisotopic (exact) mass is 268 g/mol. The summed E-state index contributed by atoms with van der Waals surface area (Å²) in [6.45, 7) is 0.199. The van der Waals surface area contributed by atoms with E-state index in [2.05, 4.69) is 0 Å². The molecule has 1 aromatic rings. The van der Waals surface area contributed by atoms with Crippen LogP contribution in [0.25, 0.3) is 0 Å². The van der Waals surface area contributed by atoms with E-state index in [1.165, 1.54) is 0 Å². The van der Waals surface area contributed by atoms with E-state index in [0.717, 1.165) is 0 Å². The molecule has 0 fully saturated rings. The Labute approximate surface area is 104 Å². The Morgan fingerprint density at radius 1 is 1.27 bits per heavy atom. The van der Waals surface area contributed by atoms with Crippen molar-refractivity contribution in [2.75, 3.05) is 12.5 Å². The summed E-state index contributed by atoms with van der Waals surface area (Å²) in [5.41, 5.74) is 0. The molecule has 0 aromatic heterocycles. The number of aliphatic hydroxyl groups is 1. The highest BCUT2D eigenvalue weighted by Crippen LogP contribution is 2.26. The lowest BCUT2D eigenvalue weighted by molar-refractivity contribution is 0.105. The van der Waals surface area contributed by atoms with Crippen molar-refractivity contribution >= 4 is 34.8 Å². The molecule has 1 aromatic carbocycles. The van der Waals surface area contributed by atoms with Gasteiger partial charge in [0.25, 0.3) is 0 Å². The maximum Gasteiger partial charge on any atom is 0.121 e. The molecule has 0 aliphatic heterocycles. The third kappa shape index (κ3) is 4.47. The standard InChI is InChI=1S/C10H11Cl3O2/c11-4-3-7(14)6-15-8-1-2-9(12)10(13)5-8/h1-2,5,7,14H,3-4,6H2. The summed E-state index contributed by atoms with van der Waals surface area (Å²) in [6, 6.07) is 4.95. The fourth-order valence-corrected chi connectivity index (χ4v) is 1.51. The molecule has 0 saturated carbocycles. The molecule has 0 saturated heterocycles. The quantitative estimate of drug-likeness (QED) is 0.831. The van der Waals surface area contributed by atoms with Crippen LogP contribution in [0.15, 0.2) is 18.2 Å². The zero-order valence-corrected chi connectivity index (χ0v) is 10.2. The molecule has 1 N–H and O–H groups in total. The van der Waals surface area contributed by atoms with Crippen LogP contribution in [0.3, 0.4) is 0 Å². The minimum atomic E-state index is -0.558. The molecular formula is C10H11Cl3O2. The van der Waals surface area contributed by atoms with Gasteiger partial charge in [0.15, 0.2) is 0 Å². The van der Waals surface area contributed by atoms with Crippen LogP contribution in [-0.4, -0.2) is 23.7 Å².